The van der Waals surface area contributed by atoms with Crippen molar-refractivity contribution in [3.05, 3.63) is 0 Å². The van der Waals surface area contributed by atoms with Crippen molar-refractivity contribution in [1.29, 1.82) is 0 Å². The lowest BCUT2D eigenvalue weighted by atomic mass is 10.0. The fourth-order valence-corrected chi connectivity index (χ4v) is 1.29. The SMILES string of the molecule is COC(C)(C)CCCCCCCl. The molecule has 0 saturated heterocycles. The van der Waals surface area contributed by atoms with Gasteiger partial charge in [-0.2, -0.15) is 0 Å². The van der Waals surface area contributed by atoms with Gasteiger partial charge in [-0.15, -0.1) is 11.6 Å². The summed E-state index contributed by atoms with van der Waals surface area (Å²) in [7, 11) is 1.78. The number of halogens is 1. The molecule has 12 heavy (non-hydrogen) atoms. The second-order valence-electron chi connectivity index (χ2n) is 3.82. The van der Waals surface area contributed by atoms with E-state index in [0.29, 0.717) is 0 Å². The number of rotatable bonds is 7. The Morgan fingerprint density at radius 2 is 1.67 bits per heavy atom. The third-order valence-corrected chi connectivity index (χ3v) is 2.48. The molecule has 2 heteroatoms. The van der Waals surface area contributed by atoms with Crippen molar-refractivity contribution >= 4 is 11.6 Å². The molecule has 0 rings (SSSR count). The van der Waals surface area contributed by atoms with Gasteiger partial charge >= 0.3 is 0 Å². The van der Waals surface area contributed by atoms with Crippen LogP contribution in [0.1, 0.15) is 46.0 Å². The van der Waals surface area contributed by atoms with Gasteiger partial charge in [-0.1, -0.05) is 19.3 Å². The van der Waals surface area contributed by atoms with E-state index in [1.165, 1.54) is 19.3 Å². The van der Waals surface area contributed by atoms with E-state index in [1.807, 2.05) is 0 Å². The maximum Gasteiger partial charge on any atom is 0.0622 e. The van der Waals surface area contributed by atoms with Gasteiger partial charge in [0.05, 0.1) is 5.60 Å². The summed E-state index contributed by atoms with van der Waals surface area (Å²) in [5.41, 5.74) is 0.0565. The topological polar surface area (TPSA) is 9.23 Å². The number of hydrogen-bond donors (Lipinski definition) is 0. The van der Waals surface area contributed by atoms with Crippen LogP contribution in [0.2, 0.25) is 0 Å². The van der Waals surface area contributed by atoms with Gasteiger partial charge < -0.3 is 4.74 Å². The molecule has 0 atom stereocenters. The van der Waals surface area contributed by atoms with Gasteiger partial charge in [-0.25, -0.2) is 0 Å². The summed E-state index contributed by atoms with van der Waals surface area (Å²) < 4.78 is 5.32. The van der Waals surface area contributed by atoms with Crippen LogP contribution in [-0.2, 0) is 4.74 Å². The first-order chi connectivity index (χ1) is 5.62. The minimum absolute atomic E-state index is 0.0565. The fourth-order valence-electron chi connectivity index (χ4n) is 1.10. The number of ether oxygens (including phenoxy) is 1. The number of hydrogen-bond acceptors (Lipinski definition) is 1. The van der Waals surface area contributed by atoms with E-state index in [-0.39, 0.29) is 5.60 Å². The largest absolute Gasteiger partial charge is 0.379 e. The molecule has 0 fully saturated rings. The Labute approximate surface area is 81.4 Å². The van der Waals surface area contributed by atoms with E-state index in [2.05, 4.69) is 13.8 Å². The third-order valence-electron chi connectivity index (χ3n) is 2.22. The number of unbranched alkanes of at least 4 members (excludes halogenated alkanes) is 3. The van der Waals surface area contributed by atoms with E-state index < -0.39 is 0 Å². The van der Waals surface area contributed by atoms with Crippen LogP contribution in [0.25, 0.3) is 0 Å². The Morgan fingerprint density at radius 3 is 2.17 bits per heavy atom. The van der Waals surface area contributed by atoms with Crippen molar-refractivity contribution in [2.75, 3.05) is 13.0 Å². The van der Waals surface area contributed by atoms with Crippen LogP contribution in [0.5, 0.6) is 0 Å². The van der Waals surface area contributed by atoms with Crippen molar-refractivity contribution in [3.63, 3.8) is 0 Å². The Morgan fingerprint density at radius 1 is 1.08 bits per heavy atom. The lowest BCUT2D eigenvalue weighted by Crippen LogP contribution is -2.21. The van der Waals surface area contributed by atoms with Gasteiger partial charge in [0.15, 0.2) is 0 Å². The highest BCUT2D eigenvalue weighted by Gasteiger charge is 2.14. The van der Waals surface area contributed by atoms with Gasteiger partial charge in [0.1, 0.15) is 0 Å². The molecule has 74 valence electrons. The third kappa shape index (κ3) is 6.93. The average Bonchev–Trinajstić information content (AvgIpc) is 2.04. The average molecular weight is 193 g/mol. The molecule has 0 aliphatic rings. The van der Waals surface area contributed by atoms with Gasteiger partial charge in [-0.3, -0.25) is 0 Å². The Kier molecular flexibility index (Phi) is 6.87. The molecule has 0 N–H and O–H groups in total. The summed E-state index contributed by atoms with van der Waals surface area (Å²) in [6, 6.07) is 0. The van der Waals surface area contributed by atoms with Crippen LogP contribution >= 0.6 is 11.6 Å². The minimum atomic E-state index is 0.0565. The number of methoxy groups -OCH3 is 1. The quantitative estimate of drug-likeness (QED) is 0.443. The summed E-state index contributed by atoms with van der Waals surface area (Å²) in [6.07, 6.45) is 6.07. The molecule has 0 saturated carbocycles. The van der Waals surface area contributed by atoms with Gasteiger partial charge in [0, 0.05) is 13.0 Å². The first-order valence-corrected chi connectivity index (χ1v) is 5.27. The highest BCUT2D eigenvalue weighted by atomic mass is 35.5. The molecule has 0 aliphatic carbocycles. The van der Waals surface area contributed by atoms with E-state index in [4.69, 9.17) is 16.3 Å². The molecule has 0 aliphatic heterocycles. The summed E-state index contributed by atoms with van der Waals surface area (Å²) >= 11 is 5.57. The van der Waals surface area contributed by atoms with E-state index in [1.54, 1.807) is 7.11 Å². The van der Waals surface area contributed by atoms with Gasteiger partial charge in [0.25, 0.3) is 0 Å². The summed E-state index contributed by atoms with van der Waals surface area (Å²) in [5, 5.41) is 0. The highest BCUT2D eigenvalue weighted by Crippen LogP contribution is 2.17. The molecule has 0 bridgehead atoms. The van der Waals surface area contributed by atoms with Crippen molar-refractivity contribution in [3.8, 4) is 0 Å². The second-order valence-corrected chi connectivity index (χ2v) is 4.19. The van der Waals surface area contributed by atoms with Crippen LogP contribution in [0.4, 0.5) is 0 Å². The maximum atomic E-state index is 5.57. The molecule has 0 heterocycles. The zero-order valence-electron chi connectivity index (χ0n) is 8.53. The molecular weight excluding hydrogens is 172 g/mol. The molecular formula is C10H21ClO. The van der Waals surface area contributed by atoms with E-state index in [9.17, 15) is 0 Å². The highest BCUT2D eigenvalue weighted by molar-refractivity contribution is 6.17. The first kappa shape index (κ1) is 12.2. The van der Waals surface area contributed by atoms with Crippen LogP contribution in [0.15, 0.2) is 0 Å². The van der Waals surface area contributed by atoms with Crippen molar-refractivity contribution in [1.82, 2.24) is 0 Å². The van der Waals surface area contributed by atoms with Crippen LogP contribution in [0, 0.1) is 0 Å². The predicted octanol–water partition coefficient (Wildman–Crippen LogP) is 3.60. The Bertz CT molecular complexity index is 102. The van der Waals surface area contributed by atoms with Crippen molar-refractivity contribution in [2.45, 2.75) is 51.6 Å². The molecule has 0 radical (unpaired) electrons. The molecule has 0 spiro atoms. The van der Waals surface area contributed by atoms with Crippen LogP contribution in [0.3, 0.4) is 0 Å². The van der Waals surface area contributed by atoms with Crippen molar-refractivity contribution < 1.29 is 4.74 Å². The summed E-state index contributed by atoms with van der Waals surface area (Å²) in [4.78, 5) is 0. The van der Waals surface area contributed by atoms with E-state index in [0.717, 1.165) is 18.7 Å². The Balaban J connectivity index is 3.19. The molecule has 0 aromatic rings. The zero-order chi connectivity index (χ0) is 9.45. The van der Waals surface area contributed by atoms with Crippen LogP contribution in [-0.4, -0.2) is 18.6 Å². The molecule has 1 nitrogen and oxygen atoms in total. The predicted molar refractivity (Wildman–Crippen MR) is 54.9 cm³/mol. The minimum Gasteiger partial charge on any atom is -0.379 e. The van der Waals surface area contributed by atoms with Crippen LogP contribution < -0.4 is 0 Å². The molecule has 0 aromatic heterocycles. The summed E-state index contributed by atoms with van der Waals surface area (Å²) in [5.74, 6) is 0.799. The monoisotopic (exact) mass is 192 g/mol. The second kappa shape index (κ2) is 6.73. The lowest BCUT2D eigenvalue weighted by Gasteiger charge is -2.22. The zero-order valence-corrected chi connectivity index (χ0v) is 9.28. The standard InChI is InChI=1S/C10H21ClO/c1-10(2,12-3)8-6-4-5-7-9-11/h4-9H2,1-3H3. The molecule has 0 amide bonds. The molecule has 0 unspecified atom stereocenters. The summed E-state index contributed by atoms with van der Waals surface area (Å²) in [6.45, 7) is 4.27. The fraction of sp³-hybridized carbons (Fsp3) is 1.00. The lowest BCUT2D eigenvalue weighted by molar-refractivity contribution is 0.0134. The molecule has 0 aromatic carbocycles. The van der Waals surface area contributed by atoms with Gasteiger partial charge in [0.2, 0.25) is 0 Å². The normalized spacial score (nSPS) is 12.0. The first-order valence-electron chi connectivity index (χ1n) is 4.73. The van der Waals surface area contributed by atoms with Gasteiger partial charge in [-0.05, 0) is 26.7 Å². The smallest absolute Gasteiger partial charge is 0.0622 e. The van der Waals surface area contributed by atoms with Crippen molar-refractivity contribution in [2.24, 2.45) is 0 Å². The Hall–Kier alpha value is 0.250. The van der Waals surface area contributed by atoms with E-state index >= 15 is 0 Å². The maximum absolute atomic E-state index is 5.57. The number of alkyl halides is 1.